The minimum absolute atomic E-state index is 0.137. The van der Waals surface area contributed by atoms with Gasteiger partial charge < -0.3 is 14.8 Å². The smallest absolute Gasteiger partial charge is 0.298 e. The number of ether oxygens (including phenoxy) is 2. The summed E-state index contributed by atoms with van der Waals surface area (Å²) in [7, 11) is 1.51. The number of rotatable bonds is 8. The average molecular weight is 464 g/mol. The summed E-state index contributed by atoms with van der Waals surface area (Å²) in [6, 6.07) is 20.8. The van der Waals surface area contributed by atoms with Crippen molar-refractivity contribution in [3.63, 3.8) is 0 Å². The van der Waals surface area contributed by atoms with E-state index in [1.54, 1.807) is 30.3 Å². The molecule has 1 aromatic heterocycles. The van der Waals surface area contributed by atoms with Gasteiger partial charge in [0.25, 0.3) is 11.1 Å². The Balaban J connectivity index is 1.43. The molecule has 168 valence electrons. The van der Waals surface area contributed by atoms with Crippen molar-refractivity contribution < 1.29 is 18.7 Å². The first kappa shape index (κ1) is 22.4. The highest BCUT2D eigenvalue weighted by molar-refractivity contribution is 7.07. The van der Waals surface area contributed by atoms with E-state index in [1.807, 2.05) is 37.3 Å². The van der Waals surface area contributed by atoms with Crippen LogP contribution in [0.5, 0.6) is 16.7 Å². The van der Waals surface area contributed by atoms with Gasteiger partial charge in [-0.2, -0.15) is 9.36 Å². The molecule has 8 heteroatoms. The van der Waals surface area contributed by atoms with Crippen molar-refractivity contribution in [3.05, 3.63) is 101 Å². The van der Waals surface area contributed by atoms with Crippen LogP contribution < -0.4 is 14.8 Å². The van der Waals surface area contributed by atoms with Crippen LogP contribution in [0.15, 0.2) is 72.8 Å². The highest BCUT2D eigenvalue weighted by Gasteiger charge is 2.16. The standard InChI is InChI=1S/C25H22FN3O3S/c1-16(18-6-4-3-5-7-18)27-24(30)19-10-13-21(22(15-19)31-2)32-25-28-23(29-33-25)14-17-8-11-20(26)12-9-17/h3-13,15-16H,14H2,1-2H3,(H,27,30). The van der Waals surface area contributed by atoms with Gasteiger partial charge in [0.1, 0.15) is 5.82 Å². The first-order valence-corrected chi connectivity index (χ1v) is 11.1. The third-order valence-electron chi connectivity index (χ3n) is 5.00. The van der Waals surface area contributed by atoms with Crippen LogP contribution in [0.3, 0.4) is 0 Å². The zero-order valence-electron chi connectivity index (χ0n) is 18.1. The molecule has 4 rings (SSSR count). The third kappa shape index (κ3) is 5.72. The normalized spacial score (nSPS) is 11.6. The quantitative estimate of drug-likeness (QED) is 0.370. The summed E-state index contributed by atoms with van der Waals surface area (Å²) in [6.07, 6.45) is 0.468. The van der Waals surface area contributed by atoms with Gasteiger partial charge in [-0.1, -0.05) is 42.5 Å². The van der Waals surface area contributed by atoms with E-state index in [2.05, 4.69) is 14.7 Å². The largest absolute Gasteiger partial charge is 0.493 e. The van der Waals surface area contributed by atoms with Gasteiger partial charge in [0, 0.05) is 23.5 Å². The Morgan fingerprint density at radius 1 is 1.06 bits per heavy atom. The van der Waals surface area contributed by atoms with Gasteiger partial charge in [-0.25, -0.2) is 4.39 Å². The lowest BCUT2D eigenvalue weighted by Gasteiger charge is -2.15. The number of nitrogens with zero attached hydrogens (tertiary/aromatic N) is 2. The van der Waals surface area contributed by atoms with Crippen molar-refractivity contribution in [2.24, 2.45) is 0 Å². The first-order valence-electron chi connectivity index (χ1n) is 10.3. The molecule has 1 heterocycles. The third-order valence-corrected chi connectivity index (χ3v) is 5.63. The molecule has 0 fully saturated rings. The monoisotopic (exact) mass is 463 g/mol. The Labute approximate surface area is 195 Å². The fourth-order valence-corrected chi connectivity index (χ4v) is 3.79. The van der Waals surface area contributed by atoms with E-state index in [4.69, 9.17) is 9.47 Å². The Morgan fingerprint density at radius 3 is 2.55 bits per heavy atom. The summed E-state index contributed by atoms with van der Waals surface area (Å²) in [5.41, 5.74) is 2.38. The van der Waals surface area contributed by atoms with Crippen LogP contribution in [0.1, 0.15) is 40.3 Å². The van der Waals surface area contributed by atoms with Gasteiger partial charge >= 0.3 is 0 Å². The summed E-state index contributed by atoms with van der Waals surface area (Å²) in [6.45, 7) is 1.93. The number of carbonyl (C=O) groups excluding carboxylic acids is 1. The van der Waals surface area contributed by atoms with Crippen molar-refractivity contribution in [2.45, 2.75) is 19.4 Å². The molecule has 0 aliphatic rings. The molecule has 1 atom stereocenters. The lowest BCUT2D eigenvalue weighted by Crippen LogP contribution is -2.26. The number of methoxy groups -OCH3 is 1. The fraction of sp³-hybridized carbons (Fsp3) is 0.160. The van der Waals surface area contributed by atoms with Gasteiger partial charge in [0.15, 0.2) is 17.3 Å². The molecule has 6 nitrogen and oxygen atoms in total. The molecule has 0 bridgehead atoms. The highest BCUT2D eigenvalue weighted by atomic mass is 32.1. The van der Waals surface area contributed by atoms with Crippen molar-refractivity contribution >= 4 is 17.4 Å². The number of amides is 1. The van der Waals surface area contributed by atoms with Crippen LogP contribution in [0.25, 0.3) is 0 Å². The number of nitrogens with one attached hydrogen (secondary N) is 1. The Hall–Kier alpha value is -3.78. The van der Waals surface area contributed by atoms with E-state index >= 15 is 0 Å². The summed E-state index contributed by atoms with van der Waals surface area (Å²) >= 11 is 1.11. The van der Waals surface area contributed by atoms with E-state index in [9.17, 15) is 9.18 Å². The van der Waals surface area contributed by atoms with Crippen LogP contribution in [0.2, 0.25) is 0 Å². The van der Waals surface area contributed by atoms with E-state index in [-0.39, 0.29) is 17.8 Å². The van der Waals surface area contributed by atoms with Gasteiger partial charge in [-0.3, -0.25) is 4.79 Å². The summed E-state index contributed by atoms with van der Waals surface area (Å²) in [4.78, 5) is 17.1. The van der Waals surface area contributed by atoms with E-state index < -0.39 is 0 Å². The van der Waals surface area contributed by atoms with Gasteiger partial charge in [0.05, 0.1) is 13.2 Å². The second-order valence-corrected chi connectivity index (χ2v) is 8.07. The highest BCUT2D eigenvalue weighted by Crippen LogP contribution is 2.33. The maximum absolute atomic E-state index is 13.1. The number of aromatic nitrogens is 2. The molecule has 0 saturated heterocycles. The summed E-state index contributed by atoms with van der Waals surface area (Å²) in [5, 5.41) is 3.33. The van der Waals surface area contributed by atoms with Crippen LogP contribution >= 0.6 is 11.5 Å². The number of benzene rings is 3. The average Bonchev–Trinajstić information content (AvgIpc) is 3.28. The maximum Gasteiger partial charge on any atom is 0.298 e. The first-order chi connectivity index (χ1) is 16.0. The number of carbonyl (C=O) groups is 1. The van der Waals surface area contributed by atoms with E-state index in [0.717, 1.165) is 22.7 Å². The topological polar surface area (TPSA) is 73.3 Å². The molecule has 0 radical (unpaired) electrons. The van der Waals surface area contributed by atoms with Crippen molar-refractivity contribution in [3.8, 4) is 16.7 Å². The molecule has 0 spiro atoms. The Morgan fingerprint density at radius 2 is 1.82 bits per heavy atom. The van der Waals surface area contributed by atoms with Crippen LogP contribution in [-0.4, -0.2) is 22.4 Å². The lowest BCUT2D eigenvalue weighted by atomic mass is 10.1. The van der Waals surface area contributed by atoms with E-state index in [0.29, 0.717) is 34.5 Å². The van der Waals surface area contributed by atoms with E-state index in [1.165, 1.54) is 19.2 Å². The number of hydrogen-bond donors (Lipinski definition) is 1. The Kier molecular flexibility index (Phi) is 6.95. The van der Waals surface area contributed by atoms with Crippen molar-refractivity contribution in [2.75, 3.05) is 7.11 Å². The Bertz CT molecular complexity index is 1230. The van der Waals surface area contributed by atoms with Crippen LogP contribution in [0.4, 0.5) is 4.39 Å². The zero-order valence-corrected chi connectivity index (χ0v) is 18.9. The lowest BCUT2D eigenvalue weighted by molar-refractivity contribution is 0.0939. The fourth-order valence-electron chi connectivity index (χ4n) is 3.23. The molecular formula is C25H22FN3O3S. The molecule has 0 saturated carbocycles. The predicted octanol–water partition coefficient (Wildman–Crippen LogP) is 5.56. The maximum atomic E-state index is 13.1. The van der Waals surface area contributed by atoms with Gasteiger partial charge in [-0.05, 0) is 48.4 Å². The SMILES string of the molecule is COc1cc(C(=O)NC(C)c2ccccc2)ccc1Oc1nc(Cc2ccc(F)cc2)ns1. The van der Waals surface area contributed by atoms with Crippen molar-refractivity contribution in [1.29, 1.82) is 0 Å². The molecule has 1 N–H and O–H groups in total. The second kappa shape index (κ2) is 10.2. The molecule has 0 aliphatic heterocycles. The second-order valence-electron chi connectivity index (χ2n) is 7.35. The summed E-state index contributed by atoms with van der Waals surface area (Å²) in [5.74, 6) is 0.910. The molecule has 0 aliphatic carbocycles. The minimum atomic E-state index is -0.284. The molecule has 33 heavy (non-hydrogen) atoms. The molecule has 4 aromatic rings. The molecule has 1 amide bonds. The molecule has 3 aromatic carbocycles. The van der Waals surface area contributed by atoms with Gasteiger partial charge in [-0.15, -0.1) is 0 Å². The van der Waals surface area contributed by atoms with Gasteiger partial charge in [0.2, 0.25) is 0 Å². The zero-order chi connectivity index (χ0) is 23.2. The summed E-state index contributed by atoms with van der Waals surface area (Å²) < 4.78 is 28.7. The molecule has 1 unspecified atom stereocenters. The van der Waals surface area contributed by atoms with Crippen LogP contribution in [-0.2, 0) is 6.42 Å². The van der Waals surface area contributed by atoms with Crippen molar-refractivity contribution in [1.82, 2.24) is 14.7 Å². The predicted molar refractivity (Wildman–Crippen MR) is 125 cm³/mol. The van der Waals surface area contributed by atoms with Crippen LogP contribution in [0, 0.1) is 5.82 Å². The minimum Gasteiger partial charge on any atom is -0.493 e. The number of hydrogen-bond acceptors (Lipinski definition) is 6. The number of halogens is 1. The molecular weight excluding hydrogens is 441 g/mol.